The quantitative estimate of drug-likeness (QED) is 0.806. The van der Waals surface area contributed by atoms with Crippen LogP contribution in [0.1, 0.15) is 0 Å². The summed E-state index contributed by atoms with van der Waals surface area (Å²) in [6.07, 6.45) is -1.50. The van der Waals surface area contributed by atoms with E-state index in [9.17, 15) is 9.90 Å². The zero-order valence-corrected chi connectivity index (χ0v) is 12.6. The average molecular weight is 310 g/mol. The largest absolute Gasteiger partial charge is 0.497 e. The second-order valence-corrected chi connectivity index (χ2v) is 5.21. The lowest BCUT2D eigenvalue weighted by molar-refractivity contribution is 0.0463. The number of rotatable bonds is 6. The Hall–Kier alpha value is -1.99. The Kier molecular flexibility index (Phi) is 5.85. The summed E-state index contributed by atoms with van der Waals surface area (Å²) in [5, 5.41) is 18.9. The van der Waals surface area contributed by atoms with E-state index < -0.39 is 12.2 Å². The van der Waals surface area contributed by atoms with E-state index in [2.05, 4.69) is 0 Å². The summed E-state index contributed by atoms with van der Waals surface area (Å²) in [6, 6.07) is 7.17. The topological polar surface area (TPSA) is 82.5 Å². The fraction of sp³-hybridized carbons (Fsp3) is 0.533. The summed E-state index contributed by atoms with van der Waals surface area (Å²) in [6.45, 7) is 2.88. The van der Waals surface area contributed by atoms with E-state index in [1.54, 1.807) is 31.4 Å². The molecule has 122 valence electrons. The molecule has 1 aromatic rings. The molecule has 2 rings (SSSR count). The van der Waals surface area contributed by atoms with Crippen molar-refractivity contribution in [3.05, 3.63) is 24.3 Å². The number of hydrogen-bond acceptors (Lipinski definition) is 5. The molecular weight excluding hydrogens is 288 g/mol. The van der Waals surface area contributed by atoms with Crippen LogP contribution in [-0.2, 0) is 0 Å². The summed E-state index contributed by atoms with van der Waals surface area (Å²) < 4.78 is 10.6. The monoisotopic (exact) mass is 310 g/mol. The van der Waals surface area contributed by atoms with Crippen molar-refractivity contribution in [1.29, 1.82) is 0 Å². The Labute approximate surface area is 129 Å². The van der Waals surface area contributed by atoms with Gasteiger partial charge in [-0.3, -0.25) is 4.90 Å². The molecule has 22 heavy (non-hydrogen) atoms. The highest BCUT2D eigenvalue weighted by Gasteiger charge is 2.22. The standard InChI is InChI=1S/C15H22N2O5/c1-21-13-2-4-14(5-3-13)22-11-12(18)10-16-6-8-17(9-7-16)15(19)20/h2-5,12,18H,6-11H2,1H3,(H,19,20). The van der Waals surface area contributed by atoms with Crippen molar-refractivity contribution in [1.82, 2.24) is 9.80 Å². The fourth-order valence-corrected chi connectivity index (χ4v) is 2.34. The molecule has 2 N–H and O–H groups in total. The molecule has 0 aliphatic carbocycles. The number of ether oxygens (including phenoxy) is 2. The number of benzene rings is 1. The Morgan fingerprint density at radius 1 is 1.18 bits per heavy atom. The normalized spacial score (nSPS) is 17.1. The van der Waals surface area contributed by atoms with Crippen LogP contribution in [0.3, 0.4) is 0 Å². The minimum atomic E-state index is -0.886. The lowest BCUT2D eigenvalue weighted by Crippen LogP contribution is -2.50. The Balaban J connectivity index is 1.69. The van der Waals surface area contributed by atoms with Gasteiger partial charge in [0.2, 0.25) is 0 Å². The van der Waals surface area contributed by atoms with Crippen molar-refractivity contribution in [2.45, 2.75) is 6.10 Å². The SMILES string of the molecule is COc1ccc(OCC(O)CN2CCN(C(=O)O)CC2)cc1. The molecule has 0 bridgehead atoms. The Bertz CT molecular complexity index is 471. The van der Waals surface area contributed by atoms with Crippen LogP contribution < -0.4 is 9.47 Å². The van der Waals surface area contributed by atoms with Crippen molar-refractivity contribution in [2.75, 3.05) is 46.4 Å². The molecule has 7 nitrogen and oxygen atoms in total. The molecule has 1 saturated heterocycles. The first-order valence-electron chi connectivity index (χ1n) is 7.23. The molecule has 0 saturated carbocycles. The molecule has 0 spiro atoms. The number of aliphatic hydroxyl groups excluding tert-OH is 1. The minimum Gasteiger partial charge on any atom is -0.497 e. The van der Waals surface area contributed by atoms with Crippen LogP contribution in [0.25, 0.3) is 0 Å². The summed E-state index contributed by atoms with van der Waals surface area (Å²) in [4.78, 5) is 14.2. The third kappa shape index (κ3) is 4.78. The third-order valence-electron chi connectivity index (χ3n) is 3.61. The predicted molar refractivity (Wildman–Crippen MR) is 80.5 cm³/mol. The Morgan fingerprint density at radius 2 is 1.77 bits per heavy atom. The van der Waals surface area contributed by atoms with Crippen LogP contribution in [0.4, 0.5) is 4.79 Å². The second kappa shape index (κ2) is 7.86. The van der Waals surface area contributed by atoms with Crippen molar-refractivity contribution >= 4 is 6.09 Å². The van der Waals surface area contributed by atoms with Gasteiger partial charge in [0, 0.05) is 32.7 Å². The number of hydrogen-bond donors (Lipinski definition) is 2. The molecule has 1 aliphatic rings. The molecular formula is C15H22N2O5. The van der Waals surface area contributed by atoms with Gasteiger partial charge in [-0.15, -0.1) is 0 Å². The van der Waals surface area contributed by atoms with E-state index in [1.807, 2.05) is 4.90 Å². The van der Waals surface area contributed by atoms with Gasteiger partial charge >= 0.3 is 6.09 Å². The number of carbonyl (C=O) groups is 1. The molecule has 1 heterocycles. The molecule has 1 fully saturated rings. The molecule has 7 heteroatoms. The molecule has 1 atom stereocenters. The van der Waals surface area contributed by atoms with Gasteiger partial charge < -0.3 is 24.6 Å². The molecule has 1 amide bonds. The molecule has 1 aromatic carbocycles. The van der Waals surface area contributed by atoms with E-state index in [-0.39, 0.29) is 6.61 Å². The van der Waals surface area contributed by atoms with Crippen LogP contribution in [0, 0.1) is 0 Å². The van der Waals surface area contributed by atoms with Crippen LogP contribution in [0.15, 0.2) is 24.3 Å². The first-order chi connectivity index (χ1) is 10.6. The molecule has 0 aromatic heterocycles. The fourth-order valence-electron chi connectivity index (χ4n) is 2.34. The summed E-state index contributed by atoms with van der Waals surface area (Å²) in [5.41, 5.74) is 0. The number of carboxylic acid groups (broad SMARTS) is 1. The van der Waals surface area contributed by atoms with Crippen molar-refractivity contribution < 1.29 is 24.5 Å². The van der Waals surface area contributed by atoms with Crippen LogP contribution in [0.2, 0.25) is 0 Å². The number of amides is 1. The van der Waals surface area contributed by atoms with Gasteiger partial charge in [0.15, 0.2) is 0 Å². The van der Waals surface area contributed by atoms with Gasteiger partial charge in [-0.25, -0.2) is 4.79 Å². The van der Waals surface area contributed by atoms with Crippen molar-refractivity contribution in [2.24, 2.45) is 0 Å². The number of piperazine rings is 1. The third-order valence-corrected chi connectivity index (χ3v) is 3.61. The lowest BCUT2D eigenvalue weighted by atomic mass is 10.2. The maximum atomic E-state index is 10.8. The van der Waals surface area contributed by atoms with Gasteiger partial charge in [0.1, 0.15) is 24.2 Å². The average Bonchev–Trinajstić information content (AvgIpc) is 2.54. The molecule has 1 unspecified atom stereocenters. The van der Waals surface area contributed by atoms with Crippen LogP contribution in [-0.4, -0.2) is 78.7 Å². The number of β-amino-alcohol motifs (C(OH)–C–C–N with tert-alkyl or cyclic N) is 1. The summed E-state index contributed by atoms with van der Waals surface area (Å²) >= 11 is 0. The van der Waals surface area contributed by atoms with Crippen LogP contribution >= 0.6 is 0 Å². The highest BCUT2D eigenvalue weighted by atomic mass is 16.5. The van der Waals surface area contributed by atoms with E-state index in [0.29, 0.717) is 38.5 Å². The maximum absolute atomic E-state index is 10.8. The first kappa shape index (κ1) is 16.4. The zero-order chi connectivity index (χ0) is 15.9. The van der Waals surface area contributed by atoms with Gasteiger partial charge in [-0.2, -0.15) is 0 Å². The molecule has 0 radical (unpaired) electrons. The highest BCUT2D eigenvalue weighted by Crippen LogP contribution is 2.17. The summed E-state index contributed by atoms with van der Waals surface area (Å²) in [7, 11) is 1.60. The number of nitrogens with zero attached hydrogens (tertiary/aromatic N) is 2. The van der Waals surface area contributed by atoms with E-state index in [4.69, 9.17) is 14.6 Å². The van der Waals surface area contributed by atoms with E-state index >= 15 is 0 Å². The first-order valence-corrected chi connectivity index (χ1v) is 7.23. The van der Waals surface area contributed by atoms with Gasteiger partial charge in [0.25, 0.3) is 0 Å². The maximum Gasteiger partial charge on any atom is 0.407 e. The van der Waals surface area contributed by atoms with Crippen molar-refractivity contribution in [3.8, 4) is 11.5 Å². The van der Waals surface area contributed by atoms with Gasteiger partial charge in [0.05, 0.1) is 7.11 Å². The van der Waals surface area contributed by atoms with E-state index in [0.717, 1.165) is 5.75 Å². The van der Waals surface area contributed by atoms with Gasteiger partial charge in [-0.05, 0) is 24.3 Å². The van der Waals surface area contributed by atoms with Crippen LogP contribution in [0.5, 0.6) is 11.5 Å². The second-order valence-electron chi connectivity index (χ2n) is 5.21. The number of methoxy groups -OCH3 is 1. The smallest absolute Gasteiger partial charge is 0.407 e. The zero-order valence-electron chi connectivity index (χ0n) is 12.6. The predicted octanol–water partition coefficient (Wildman–Crippen LogP) is 0.730. The highest BCUT2D eigenvalue weighted by molar-refractivity contribution is 5.65. The molecule has 1 aliphatic heterocycles. The van der Waals surface area contributed by atoms with Crippen molar-refractivity contribution in [3.63, 3.8) is 0 Å². The lowest BCUT2D eigenvalue weighted by Gasteiger charge is -2.34. The van der Waals surface area contributed by atoms with E-state index in [1.165, 1.54) is 4.90 Å². The Morgan fingerprint density at radius 3 is 2.32 bits per heavy atom. The minimum absolute atomic E-state index is 0.200. The van der Waals surface area contributed by atoms with Gasteiger partial charge in [-0.1, -0.05) is 0 Å². The summed E-state index contributed by atoms with van der Waals surface area (Å²) in [5.74, 6) is 1.43. The number of aliphatic hydroxyl groups is 1.